The summed E-state index contributed by atoms with van der Waals surface area (Å²) in [7, 11) is 0. The Labute approximate surface area is 199 Å². The summed E-state index contributed by atoms with van der Waals surface area (Å²) in [5.74, 6) is 1.98. The molecule has 5 aromatic rings. The van der Waals surface area contributed by atoms with E-state index in [-0.39, 0.29) is 12.4 Å². The number of phenolic OH excluding ortho intramolecular Hbond substituents is 1. The van der Waals surface area contributed by atoms with Crippen LogP contribution in [0.4, 0.5) is 0 Å². The molecular weight excluding hydrogens is 450 g/mol. The van der Waals surface area contributed by atoms with E-state index in [1.807, 2.05) is 66.1 Å². The van der Waals surface area contributed by atoms with Crippen LogP contribution in [0.5, 0.6) is 11.5 Å². The smallest absolute Gasteiger partial charge is 0.336 e. The zero-order chi connectivity index (χ0) is 23.5. The highest BCUT2D eigenvalue weighted by Crippen LogP contribution is 2.29. The second kappa shape index (κ2) is 9.44. The van der Waals surface area contributed by atoms with E-state index < -0.39 is 5.63 Å². The van der Waals surface area contributed by atoms with Crippen molar-refractivity contribution >= 4 is 22.7 Å². The highest BCUT2D eigenvalue weighted by Gasteiger charge is 2.17. The first-order valence-corrected chi connectivity index (χ1v) is 11.6. The molecule has 1 N–H and O–H groups in total. The van der Waals surface area contributed by atoms with Crippen LogP contribution in [0.2, 0.25) is 0 Å². The molecule has 3 aromatic carbocycles. The molecular formula is C26H21N3O4S. The lowest BCUT2D eigenvalue weighted by atomic mass is 10.1. The summed E-state index contributed by atoms with van der Waals surface area (Å²) in [6.45, 7) is 2.25. The molecule has 8 heteroatoms. The summed E-state index contributed by atoms with van der Waals surface area (Å²) in [5.41, 5.74) is 2.63. The molecule has 0 unspecified atom stereocenters. The lowest BCUT2D eigenvalue weighted by Crippen LogP contribution is -2.07. The first-order valence-electron chi connectivity index (χ1n) is 10.7. The van der Waals surface area contributed by atoms with E-state index in [2.05, 4.69) is 10.2 Å². The standard InChI is InChI=1S/C26H21N3O4S/c1-17-7-5-6-10-22(17)32-15-24-27-28-26(29(24)19-8-3-2-4-9-19)34-16-18-13-25(31)33-23-14-20(30)11-12-21(18)23/h2-14,30H,15-16H2,1H3. The van der Waals surface area contributed by atoms with Gasteiger partial charge in [-0.3, -0.25) is 4.57 Å². The fourth-order valence-electron chi connectivity index (χ4n) is 3.66. The van der Waals surface area contributed by atoms with Crippen LogP contribution in [0.25, 0.3) is 16.7 Å². The monoisotopic (exact) mass is 471 g/mol. The van der Waals surface area contributed by atoms with E-state index in [1.54, 1.807) is 12.1 Å². The van der Waals surface area contributed by atoms with Crippen LogP contribution < -0.4 is 10.4 Å². The summed E-state index contributed by atoms with van der Waals surface area (Å²) < 4.78 is 13.2. The highest BCUT2D eigenvalue weighted by molar-refractivity contribution is 7.98. The van der Waals surface area contributed by atoms with Crippen LogP contribution >= 0.6 is 11.8 Å². The SMILES string of the molecule is Cc1ccccc1OCc1nnc(SCc2cc(=O)oc3cc(O)ccc23)n1-c1ccccc1. The minimum atomic E-state index is -0.467. The van der Waals surface area contributed by atoms with Crippen molar-refractivity contribution in [3.05, 3.63) is 106 Å². The lowest BCUT2D eigenvalue weighted by Gasteiger charge is -2.12. The molecule has 0 atom stereocenters. The molecule has 170 valence electrons. The molecule has 34 heavy (non-hydrogen) atoms. The van der Waals surface area contributed by atoms with Gasteiger partial charge >= 0.3 is 5.63 Å². The molecule has 0 aliphatic rings. The molecule has 2 heterocycles. The maximum absolute atomic E-state index is 12.1. The third-order valence-electron chi connectivity index (χ3n) is 5.34. The van der Waals surface area contributed by atoms with Gasteiger partial charge in [0.15, 0.2) is 11.0 Å². The number of para-hydroxylation sites is 2. The minimum absolute atomic E-state index is 0.0440. The topological polar surface area (TPSA) is 90.4 Å². The van der Waals surface area contributed by atoms with Crippen molar-refractivity contribution in [2.24, 2.45) is 0 Å². The molecule has 0 aliphatic carbocycles. The van der Waals surface area contributed by atoms with Gasteiger partial charge in [0.1, 0.15) is 23.7 Å². The first-order chi connectivity index (χ1) is 16.6. The number of nitrogens with zero attached hydrogens (tertiary/aromatic N) is 3. The Kier molecular flexibility index (Phi) is 6.05. The first kappa shape index (κ1) is 21.8. The molecule has 0 saturated carbocycles. The molecule has 0 aliphatic heterocycles. The van der Waals surface area contributed by atoms with Crippen LogP contribution in [-0.4, -0.2) is 19.9 Å². The van der Waals surface area contributed by atoms with Crippen LogP contribution in [-0.2, 0) is 12.4 Å². The molecule has 7 nitrogen and oxygen atoms in total. The van der Waals surface area contributed by atoms with Gasteiger partial charge in [-0.1, -0.05) is 48.2 Å². The van der Waals surface area contributed by atoms with Crippen molar-refractivity contribution in [2.75, 3.05) is 0 Å². The fourth-order valence-corrected chi connectivity index (χ4v) is 4.63. The van der Waals surface area contributed by atoms with Crippen LogP contribution in [0.1, 0.15) is 17.0 Å². The summed E-state index contributed by atoms with van der Waals surface area (Å²) in [4.78, 5) is 12.1. The van der Waals surface area contributed by atoms with Gasteiger partial charge < -0.3 is 14.3 Å². The number of aryl methyl sites for hydroxylation is 1. The van der Waals surface area contributed by atoms with Gasteiger partial charge in [0.2, 0.25) is 0 Å². The molecule has 0 radical (unpaired) electrons. The Hall–Kier alpha value is -4.04. The van der Waals surface area contributed by atoms with Crippen molar-refractivity contribution < 1.29 is 14.3 Å². The van der Waals surface area contributed by atoms with Crippen molar-refractivity contribution in [3.8, 4) is 17.2 Å². The Balaban J connectivity index is 1.46. The van der Waals surface area contributed by atoms with Gasteiger partial charge in [-0.15, -0.1) is 10.2 Å². The second-order valence-electron chi connectivity index (χ2n) is 7.68. The molecule has 0 amide bonds. The Morgan fingerprint density at radius 1 is 1.00 bits per heavy atom. The molecule has 0 spiro atoms. The van der Waals surface area contributed by atoms with Gasteiger partial charge in [-0.05, 0) is 48.4 Å². The third-order valence-corrected chi connectivity index (χ3v) is 6.31. The van der Waals surface area contributed by atoms with Crippen molar-refractivity contribution in [1.82, 2.24) is 14.8 Å². The van der Waals surface area contributed by atoms with E-state index in [1.165, 1.54) is 23.9 Å². The maximum Gasteiger partial charge on any atom is 0.336 e. The number of phenols is 1. The van der Waals surface area contributed by atoms with Gasteiger partial charge in [0.25, 0.3) is 0 Å². The number of hydrogen-bond acceptors (Lipinski definition) is 7. The molecule has 5 rings (SSSR count). The lowest BCUT2D eigenvalue weighted by molar-refractivity contribution is 0.291. The normalized spacial score (nSPS) is 11.1. The van der Waals surface area contributed by atoms with E-state index >= 15 is 0 Å². The minimum Gasteiger partial charge on any atom is -0.508 e. The van der Waals surface area contributed by atoms with Gasteiger partial charge in [-0.2, -0.15) is 0 Å². The number of thioether (sulfide) groups is 1. The summed E-state index contributed by atoms with van der Waals surface area (Å²) in [5, 5.41) is 20.0. The Bertz CT molecular complexity index is 1510. The maximum atomic E-state index is 12.1. The zero-order valence-electron chi connectivity index (χ0n) is 18.3. The molecule has 2 aromatic heterocycles. The van der Waals surface area contributed by atoms with E-state index in [0.29, 0.717) is 22.3 Å². The zero-order valence-corrected chi connectivity index (χ0v) is 19.2. The summed E-state index contributed by atoms with van der Waals surface area (Å²) >= 11 is 1.46. The fraction of sp³-hybridized carbons (Fsp3) is 0.115. The predicted molar refractivity (Wildman–Crippen MR) is 131 cm³/mol. The molecule has 0 fully saturated rings. The van der Waals surface area contributed by atoms with E-state index in [9.17, 15) is 9.90 Å². The van der Waals surface area contributed by atoms with Gasteiger partial charge in [-0.25, -0.2) is 4.79 Å². The van der Waals surface area contributed by atoms with Crippen LogP contribution in [0.15, 0.2) is 93.2 Å². The van der Waals surface area contributed by atoms with E-state index in [0.717, 1.165) is 28.0 Å². The number of ether oxygens (including phenoxy) is 1. The van der Waals surface area contributed by atoms with E-state index in [4.69, 9.17) is 9.15 Å². The van der Waals surface area contributed by atoms with Crippen molar-refractivity contribution in [1.29, 1.82) is 0 Å². The third kappa shape index (κ3) is 4.53. The highest BCUT2D eigenvalue weighted by atomic mass is 32.2. The number of aromatic hydroxyl groups is 1. The summed E-state index contributed by atoms with van der Waals surface area (Å²) in [6, 6.07) is 23.9. The Morgan fingerprint density at radius 2 is 1.79 bits per heavy atom. The summed E-state index contributed by atoms with van der Waals surface area (Å²) in [6.07, 6.45) is 0. The van der Waals surface area contributed by atoms with Gasteiger partial charge in [0, 0.05) is 29.0 Å². The van der Waals surface area contributed by atoms with Crippen molar-refractivity contribution in [3.63, 3.8) is 0 Å². The van der Waals surface area contributed by atoms with Crippen LogP contribution in [0.3, 0.4) is 0 Å². The van der Waals surface area contributed by atoms with Crippen molar-refractivity contribution in [2.45, 2.75) is 24.4 Å². The number of hydrogen-bond donors (Lipinski definition) is 1. The number of benzene rings is 3. The molecule has 0 bridgehead atoms. The average molecular weight is 472 g/mol. The predicted octanol–water partition coefficient (Wildman–Crippen LogP) is 5.26. The van der Waals surface area contributed by atoms with Gasteiger partial charge in [0.05, 0.1) is 0 Å². The number of fused-ring (bicyclic) bond motifs is 1. The molecule has 0 saturated heterocycles. The number of rotatable bonds is 7. The average Bonchev–Trinajstić information content (AvgIpc) is 3.25. The van der Waals surface area contributed by atoms with Crippen LogP contribution in [0, 0.1) is 6.92 Å². The number of aromatic nitrogens is 3. The quantitative estimate of drug-likeness (QED) is 0.256. The second-order valence-corrected chi connectivity index (χ2v) is 8.63. The Morgan fingerprint density at radius 3 is 2.62 bits per heavy atom. The largest absolute Gasteiger partial charge is 0.508 e.